The lowest BCUT2D eigenvalue weighted by atomic mass is 10.2. The number of halogens is 3. The minimum absolute atomic E-state index is 0.237. The van der Waals surface area contributed by atoms with Crippen molar-refractivity contribution in [2.75, 3.05) is 0 Å². The van der Waals surface area contributed by atoms with Crippen molar-refractivity contribution in [2.45, 2.75) is 57.5 Å². The van der Waals surface area contributed by atoms with Crippen LogP contribution >= 0.6 is 0 Å². The number of hydrogen-bond donors (Lipinski definition) is 1. The van der Waals surface area contributed by atoms with Crippen LogP contribution < -0.4 is 0 Å². The molecule has 0 unspecified atom stereocenters. The summed E-state index contributed by atoms with van der Waals surface area (Å²) in [4.78, 5) is 23.0. The first-order valence-corrected chi connectivity index (χ1v) is 5.74. The molecule has 2 atom stereocenters. The molecule has 8 heteroatoms. The highest BCUT2D eigenvalue weighted by Gasteiger charge is 2.54. The number of carboxylic acid groups (broad SMARTS) is 1. The van der Waals surface area contributed by atoms with Crippen LogP contribution in [0.25, 0.3) is 0 Å². The highest BCUT2D eigenvalue weighted by molar-refractivity contribution is 5.81. The van der Waals surface area contributed by atoms with Crippen LogP contribution in [0.4, 0.5) is 18.0 Å². The molecular formula is C11H16F3NO4. The van der Waals surface area contributed by atoms with E-state index in [1.165, 1.54) is 20.8 Å². The van der Waals surface area contributed by atoms with Crippen molar-refractivity contribution in [3.63, 3.8) is 0 Å². The topological polar surface area (TPSA) is 66.8 Å². The summed E-state index contributed by atoms with van der Waals surface area (Å²) in [5.74, 6) is -1.46. The van der Waals surface area contributed by atoms with Gasteiger partial charge in [0.1, 0.15) is 17.7 Å². The van der Waals surface area contributed by atoms with Gasteiger partial charge in [0.15, 0.2) is 0 Å². The number of amides is 1. The van der Waals surface area contributed by atoms with Gasteiger partial charge in [0, 0.05) is 0 Å². The van der Waals surface area contributed by atoms with Crippen molar-refractivity contribution >= 4 is 12.1 Å². The number of carbonyl (C=O) groups excluding carboxylic acids is 1. The summed E-state index contributed by atoms with van der Waals surface area (Å²) in [5, 5.41) is 8.90. The highest BCUT2D eigenvalue weighted by atomic mass is 19.4. The van der Waals surface area contributed by atoms with Crippen LogP contribution in [0.5, 0.6) is 0 Å². The fourth-order valence-electron chi connectivity index (χ4n) is 1.94. The summed E-state index contributed by atoms with van der Waals surface area (Å²) in [6.07, 6.45) is -6.58. The smallest absolute Gasteiger partial charge is 0.411 e. The first kappa shape index (κ1) is 15.6. The molecule has 110 valence electrons. The number of hydrogen-bond acceptors (Lipinski definition) is 3. The lowest BCUT2D eigenvalue weighted by Gasteiger charge is -2.31. The van der Waals surface area contributed by atoms with Crippen molar-refractivity contribution < 1.29 is 32.6 Å². The largest absolute Gasteiger partial charge is 0.480 e. The van der Waals surface area contributed by atoms with Gasteiger partial charge in [-0.1, -0.05) is 0 Å². The van der Waals surface area contributed by atoms with E-state index < -0.39 is 42.3 Å². The highest BCUT2D eigenvalue weighted by Crippen LogP contribution is 2.36. The number of ether oxygens (including phenoxy) is 1. The molecule has 0 saturated carbocycles. The fraction of sp³-hybridized carbons (Fsp3) is 0.818. The molecule has 0 aromatic carbocycles. The molecule has 1 amide bonds. The Hall–Kier alpha value is -1.47. The summed E-state index contributed by atoms with van der Waals surface area (Å²) in [7, 11) is 0. The molecule has 0 aromatic heterocycles. The van der Waals surface area contributed by atoms with E-state index in [1.54, 1.807) is 0 Å². The Bertz CT molecular complexity index is 375. The van der Waals surface area contributed by atoms with Gasteiger partial charge < -0.3 is 9.84 Å². The van der Waals surface area contributed by atoms with Gasteiger partial charge >= 0.3 is 18.2 Å². The van der Waals surface area contributed by atoms with Gasteiger partial charge in [-0.25, -0.2) is 9.59 Å². The van der Waals surface area contributed by atoms with Gasteiger partial charge in [0.2, 0.25) is 0 Å². The zero-order chi connectivity index (χ0) is 15.0. The molecule has 1 aliphatic rings. The molecule has 0 radical (unpaired) electrons. The van der Waals surface area contributed by atoms with Gasteiger partial charge in [-0.05, 0) is 33.6 Å². The average Bonchev–Trinajstić information content (AvgIpc) is 2.57. The first-order chi connectivity index (χ1) is 8.43. The Morgan fingerprint density at radius 3 is 2.11 bits per heavy atom. The third-order valence-corrected chi connectivity index (χ3v) is 2.65. The Morgan fingerprint density at radius 1 is 1.21 bits per heavy atom. The Balaban J connectivity index is 2.99. The van der Waals surface area contributed by atoms with Gasteiger partial charge in [0.05, 0.1) is 0 Å². The number of carboxylic acids is 1. The van der Waals surface area contributed by atoms with Crippen molar-refractivity contribution in [3.8, 4) is 0 Å². The van der Waals surface area contributed by atoms with E-state index >= 15 is 0 Å². The monoisotopic (exact) mass is 283 g/mol. The maximum Gasteiger partial charge on any atom is 0.411 e. The number of rotatable bonds is 1. The number of likely N-dealkylation sites (tertiary alicyclic amines) is 1. The molecule has 1 rings (SSSR count). The predicted octanol–water partition coefficient (Wildman–Crippen LogP) is 2.40. The molecule has 1 N–H and O–H groups in total. The summed E-state index contributed by atoms with van der Waals surface area (Å²) in [6.45, 7) is 4.50. The van der Waals surface area contributed by atoms with Gasteiger partial charge in [-0.2, -0.15) is 13.2 Å². The van der Waals surface area contributed by atoms with E-state index in [9.17, 15) is 22.8 Å². The Morgan fingerprint density at radius 2 is 1.74 bits per heavy atom. The molecular weight excluding hydrogens is 267 g/mol. The van der Waals surface area contributed by atoms with Gasteiger partial charge in [-0.15, -0.1) is 0 Å². The maximum atomic E-state index is 12.8. The third kappa shape index (κ3) is 3.74. The van der Waals surface area contributed by atoms with E-state index in [4.69, 9.17) is 9.84 Å². The second-order valence-electron chi connectivity index (χ2n) is 5.38. The van der Waals surface area contributed by atoms with Crippen LogP contribution in [-0.4, -0.2) is 45.9 Å². The first-order valence-electron chi connectivity index (χ1n) is 5.74. The molecule has 1 heterocycles. The van der Waals surface area contributed by atoms with Gasteiger partial charge in [-0.3, -0.25) is 4.90 Å². The number of aliphatic carboxylic acids is 1. The fourth-order valence-corrected chi connectivity index (χ4v) is 1.94. The summed E-state index contributed by atoms with van der Waals surface area (Å²) < 4.78 is 43.2. The zero-order valence-electron chi connectivity index (χ0n) is 10.8. The van der Waals surface area contributed by atoms with Crippen LogP contribution in [0.2, 0.25) is 0 Å². The molecule has 1 aliphatic heterocycles. The number of carbonyl (C=O) groups is 2. The zero-order valence-corrected chi connectivity index (χ0v) is 10.8. The molecule has 0 spiro atoms. The summed E-state index contributed by atoms with van der Waals surface area (Å²) in [6, 6.07) is -3.61. The van der Waals surface area contributed by atoms with Crippen LogP contribution in [0, 0.1) is 0 Å². The number of alkyl halides is 3. The average molecular weight is 283 g/mol. The van der Waals surface area contributed by atoms with E-state index in [2.05, 4.69) is 0 Å². The lowest BCUT2D eigenvalue weighted by molar-refractivity contribution is -0.178. The van der Waals surface area contributed by atoms with Crippen LogP contribution in [0.3, 0.4) is 0 Å². The van der Waals surface area contributed by atoms with E-state index in [-0.39, 0.29) is 11.3 Å². The van der Waals surface area contributed by atoms with E-state index in [0.29, 0.717) is 0 Å². The standard InChI is InChI=1S/C11H16F3NO4/c1-10(2,3)19-9(18)15-6(8(16)17)4-5-7(15)11(12,13)14/h6-7H,4-5H2,1-3H3,(H,16,17)/t6-,7-/m0/s1. The maximum absolute atomic E-state index is 12.8. The molecule has 0 bridgehead atoms. The summed E-state index contributed by atoms with van der Waals surface area (Å²) in [5.41, 5.74) is -0.987. The van der Waals surface area contributed by atoms with Crippen LogP contribution in [0.15, 0.2) is 0 Å². The molecule has 5 nitrogen and oxygen atoms in total. The minimum Gasteiger partial charge on any atom is -0.480 e. The number of nitrogens with zero attached hydrogens (tertiary/aromatic N) is 1. The summed E-state index contributed by atoms with van der Waals surface area (Å²) >= 11 is 0. The molecule has 1 saturated heterocycles. The molecule has 0 aliphatic carbocycles. The predicted molar refractivity (Wildman–Crippen MR) is 58.6 cm³/mol. The van der Waals surface area contributed by atoms with Crippen LogP contribution in [-0.2, 0) is 9.53 Å². The second-order valence-corrected chi connectivity index (χ2v) is 5.38. The van der Waals surface area contributed by atoms with Crippen LogP contribution in [0.1, 0.15) is 33.6 Å². The van der Waals surface area contributed by atoms with E-state index in [1.807, 2.05) is 0 Å². The third-order valence-electron chi connectivity index (χ3n) is 2.65. The lowest BCUT2D eigenvalue weighted by Crippen LogP contribution is -2.51. The quantitative estimate of drug-likeness (QED) is 0.802. The molecule has 1 fully saturated rings. The SMILES string of the molecule is CC(C)(C)OC(=O)N1[C@H](C(F)(F)F)CC[C@H]1C(=O)O. The Kier molecular flexibility index (Phi) is 4.02. The molecule has 19 heavy (non-hydrogen) atoms. The molecule has 0 aromatic rings. The van der Waals surface area contributed by atoms with Gasteiger partial charge in [0.25, 0.3) is 0 Å². The Labute approximate surface area is 108 Å². The van der Waals surface area contributed by atoms with E-state index in [0.717, 1.165) is 0 Å². The normalized spacial score (nSPS) is 24.4. The van der Waals surface area contributed by atoms with Crippen molar-refractivity contribution in [1.82, 2.24) is 4.90 Å². The second kappa shape index (κ2) is 4.90. The van der Waals surface area contributed by atoms with Crippen molar-refractivity contribution in [2.24, 2.45) is 0 Å². The van der Waals surface area contributed by atoms with Crippen molar-refractivity contribution in [3.05, 3.63) is 0 Å². The van der Waals surface area contributed by atoms with Crippen molar-refractivity contribution in [1.29, 1.82) is 0 Å². The minimum atomic E-state index is -4.67.